The van der Waals surface area contributed by atoms with Crippen LogP contribution in [0.2, 0.25) is 5.02 Å². The molecule has 4 aromatic rings. The van der Waals surface area contributed by atoms with Crippen molar-refractivity contribution in [3.8, 4) is 5.75 Å². The van der Waals surface area contributed by atoms with Gasteiger partial charge in [0.15, 0.2) is 0 Å². The predicted octanol–water partition coefficient (Wildman–Crippen LogP) is 5.61. The Hall–Kier alpha value is -3.16. The number of benzene rings is 4. The Morgan fingerprint density at radius 3 is 1.91 bits per heavy atom. The molecule has 0 spiro atoms. The van der Waals surface area contributed by atoms with Crippen molar-refractivity contribution in [2.75, 3.05) is 6.54 Å². The molecule has 0 bridgehead atoms. The summed E-state index contributed by atoms with van der Waals surface area (Å²) in [5.41, 5.74) is 2.77. The molecule has 0 aliphatic heterocycles. The van der Waals surface area contributed by atoms with Crippen molar-refractivity contribution in [3.63, 3.8) is 0 Å². The molecule has 0 aliphatic carbocycles. The van der Waals surface area contributed by atoms with Gasteiger partial charge < -0.3 is 10.2 Å². The van der Waals surface area contributed by atoms with Gasteiger partial charge in [-0.3, -0.25) is 4.90 Å². The van der Waals surface area contributed by atoms with Gasteiger partial charge in [0.2, 0.25) is 9.84 Å². The largest absolute Gasteiger partial charge is 0.508 e. The van der Waals surface area contributed by atoms with E-state index in [-0.39, 0.29) is 15.5 Å². The Kier molecular flexibility index (Phi) is 7.88. The Morgan fingerprint density at radius 1 is 0.743 bits per heavy atom. The van der Waals surface area contributed by atoms with Crippen LogP contribution in [-0.4, -0.2) is 30.1 Å². The molecule has 2 N–H and O–H groups in total. The monoisotopic (exact) mass is 507 g/mol. The molecule has 0 unspecified atom stereocenters. The van der Waals surface area contributed by atoms with E-state index in [0.29, 0.717) is 24.7 Å². The maximum absolute atomic E-state index is 12.9. The van der Waals surface area contributed by atoms with Crippen LogP contribution in [0.4, 0.5) is 0 Å². The highest BCUT2D eigenvalue weighted by Crippen LogP contribution is 2.24. The number of aliphatic hydroxyl groups is 1. The van der Waals surface area contributed by atoms with Crippen LogP contribution in [0.1, 0.15) is 22.8 Å². The first-order valence-electron chi connectivity index (χ1n) is 11.1. The number of sulfone groups is 1. The number of phenolic OH excluding ortho intramolecular Hbond substituents is 1. The molecule has 0 saturated heterocycles. The zero-order chi connectivity index (χ0) is 24.8. The van der Waals surface area contributed by atoms with Crippen LogP contribution in [0.5, 0.6) is 5.75 Å². The SMILES string of the molecule is O=S(=O)(c1ccc(O)cc1)c1ccc(CN(Cc2ccccc2)C[C@H](O)c2cccc(Cl)c2)cc1. The molecule has 0 aliphatic rings. The number of halogens is 1. The van der Waals surface area contributed by atoms with Gasteiger partial charge in [0, 0.05) is 24.7 Å². The summed E-state index contributed by atoms with van der Waals surface area (Å²) < 4.78 is 25.8. The van der Waals surface area contributed by atoms with Crippen LogP contribution in [0, 0.1) is 0 Å². The number of aromatic hydroxyl groups is 1. The van der Waals surface area contributed by atoms with Crippen LogP contribution in [0.3, 0.4) is 0 Å². The lowest BCUT2D eigenvalue weighted by Crippen LogP contribution is -2.28. The molecule has 5 nitrogen and oxygen atoms in total. The third kappa shape index (κ3) is 6.50. The van der Waals surface area contributed by atoms with Crippen LogP contribution in [-0.2, 0) is 22.9 Å². The van der Waals surface area contributed by atoms with Crippen LogP contribution in [0.15, 0.2) is 113 Å². The van der Waals surface area contributed by atoms with Gasteiger partial charge in [-0.15, -0.1) is 0 Å². The van der Waals surface area contributed by atoms with Crippen molar-refractivity contribution in [3.05, 3.63) is 125 Å². The van der Waals surface area contributed by atoms with Crippen molar-refractivity contribution >= 4 is 21.4 Å². The summed E-state index contributed by atoms with van der Waals surface area (Å²) in [5, 5.41) is 20.9. The van der Waals surface area contributed by atoms with Gasteiger partial charge in [0.1, 0.15) is 5.75 Å². The van der Waals surface area contributed by atoms with Crippen LogP contribution in [0.25, 0.3) is 0 Å². The summed E-state index contributed by atoms with van der Waals surface area (Å²) in [5.74, 6) is 0.0118. The molecule has 4 aromatic carbocycles. The van der Waals surface area contributed by atoms with Crippen molar-refractivity contribution in [2.24, 2.45) is 0 Å². The fourth-order valence-electron chi connectivity index (χ4n) is 3.88. The van der Waals surface area contributed by atoms with E-state index in [1.54, 1.807) is 36.4 Å². The number of phenols is 1. The lowest BCUT2D eigenvalue weighted by molar-refractivity contribution is 0.105. The van der Waals surface area contributed by atoms with Gasteiger partial charge in [-0.1, -0.05) is 66.2 Å². The van der Waals surface area contributed by atoms with Gasteiger partial charge >= 0.3 is 0 Å². The third-order valence-corrected chi connectivity index (χ3v) is 7.72. The van der Waals surface area contributed by atoms with E-state index in [9.17, 15) is 18.6 Å². The molecule has 0 fully saturated rings. The number of rotatable bonds is 9. The van der Waals surface area contributed by atoms with Gasteiger partial charge in [-0.25, -0.2) is 8.42 Å². The van der Waals surface area contributed by atoms with Gasteiger partial charge in [-0.05, 0) is 65.2 Å². The number of nitrogens with zero attached hydrogens (tertiary/aromatic N) is 1. The molecule has 4 rings (SSSR count). The number of aliphatic hydroxyl groups excluding tert-OH is 1. The summed E-state index contributed by atoms with van der Waals surface area (Å²) >= 11 is 6.10. The molecular weight excluding hydrogens is 482 g/mol. The first-order chi connectivity index (χ1) is 16.8. The maximum atomic E-state index is 12.9. The second-order valence-corrected chi connectivity index (χ2v) is 10.8. The van der Waals surface area contributed by atoms with E-state index in [2.05, 4.69) is 4.90 Å². The average molecular weight is 508 g/mol. The smallest absolute Gasteiger partial charge is 0.206 e. The lowest BCUT2D eigenvalue weighted by atomic mass is 10.1. The topological polar surface area (TPSA) is 77.8 Å². The van der Waals surface area contributed by atoms with Gasteiger partial charge in [0.05, 0.1) is 15.9 Å². The van der Waals surface area contributed by atoms with Crippen molar-refractivity contribution in [1.29, 1.82) is 0 Å². The quantitative estimate of drug-likeness (QED) is 0.308. The molecule has 35 heavy (non-hydrogen) atoms. The first-order valence-corrected chi connectivity index (χ1v) is 13.0. The van der Waals surface area contributed by atoms with Crippen LogP contribution < -0.4 is 0 Å². The molecule has 0 saturated carbocycles. The van der Waals surface area contributed by atoms with Crippen molar-refractivity contribution < 1.29 is 18.6 Å². The fourth-order valence-corrected chi connectivity index (χ4v) is 5.34. The molecule has 0 aromatic heterocycles. The predicted molar refractivity (Wildman–Crippen MR) is 137 cm³/mol. The van der Waals surface area contributed by atoms with Gasteiger partial charge in [0.25, 0.3) is 0 Å². The molecule has 0 radical (unpaired) electrons. The average Bonchev–Trinajstić information content (AvgIpc) is 2.85. The van der Waals surface area contributed by atoms with E-state index in [4.69, 9.17) is 11.6 Å². The minimum Gasteiger partial charge on any atom is -0.508 e. The number of hydrogen-bond donors (Lipinski definition) is 2. The van der Waals surface area contributed by atoms with E-state index in [1.807, 2.05) is 42.5 Å². The maximum Gasteiger partial charge on any atom is 0.206 e. The van der Waals surface area contributed by atoms with E-state index < -0.39 is 15.9 Å². The van der Waals surface area contributed by atoms with Gasteiger partial charge in [-0.2, -0.15) is 0 Å². The minimum atomic E-state index is -3.69. The molecular formula is C28H26ClNO4S. The lowest BCUT2D eigenvalue weighted by Gasteiger charge is -2.26. The highest BCUT2D eigenvalue weighted by atomic mass is 35.5. The van der Waals surface area contributed by atoms with Crippen LogP contribution >= 0.6 is 11.6 Å². The standard InChI is InChI=1S/C28H26ClNO4S/c29-24-8-4-7-23(17-24)28(32)20-30(18-21-5-2-1-3-6-21)19-22-9-13-26(14-10-22)35(33,34)27-15-11-25(31)12-16-27/h1-17,28,31-32H,18-20H2/t28-/m0/s1. The Morgan fingerprint density at radius 2 is 1.31 bits per heavy atom. The Balaban J connectivity index is 1.53. The van der Waals surface area contributed by atoms with Crippen molar-refractivity contribution in [2.45, 2.75) is 29.0 Å². The summed E-state index contributed by atoms with van der Waals surface area (Å²) in [6.45, 7) is 1.51. The molecule has 0 heterocycles. The van der Waals surface area contributed by atoms with Crippen molar-refractivity contribution in [1.82, 2.24) is 4.90 Å². The van der Waals surface area contributed by atoms with E-state index >= 15 is 0 Å². The summed E-state index contributed by atoms with van der Waals surface area (Å²) in [4.78, 5) is 2.42. The normalized spacial score (nSPS) is 12.5. The zero-order valence-corrected chi connectivity index (χ0v) is 20.5. The zero-order valence-electron chi connectivity index (χ0n) is 19.0. The summed E-state index contributed by atoms with van der Waals surface area (Å²) in [7, 11) is -3.69. The van der Waals surface area contributed by atoms with E-state index in [0.717, 1.165) is 16.7 Å². The highest BCUT2D eigenvalue weighted by Gasteiger charge is 2.19. The first kappa shape index (κ1) is 24.9. The minimum absolute atomic E-state index is 0.0118. The summed E-state index contributed by atoms with van der Waals surface area (Å²) in [6.07, 6.45) is -0.730. The Labute approximate surface area is 210 Å². The number of hydrogen-bond acceptors (Lipinski definition) is 5. The molecule has 1 atom stereocenters. The second-order valence-electron chi connectivity index (χ2n) is 8.37. The fraction of sp³-hybridized carbons (Fsp3) is 0.143. The molecule has 7 heteroatoms. The Bertz CT molecular complexity index is 1360. The summed E-state index contributed by atoms with van der Waals surface area (Å²) in [6, 6.07) is 29.4. The molecule has 180 valence electrons. The third-order valence-electron chi connectivity index (χ3n) is 5.70. The molecule has 0 amide bonds. The van der Waals surface area contributed by atoms with E-state index in [1.165, 1.54) is 24.3 Å². The second kappa shape index (κ2) is 11.1. The highest BCUT2D eigenvalue weighted by molar-refractivity contribution is 7.91.